The van der Waals surface area contributed by atoms with Crippen molar-refractivity contribution in [3.63, 3.8) is 0 Å². The van der Waals surface area contributed by atoms with Crippen LogP contribution in [0.5, 0.6) is 0 Å². The highest BCUT2D eigenvalue weighted by atomic mass is 35.5. The second-order valence-corrected chi connectivity index (χ2v) is 22.6. The smallest absolute Gasteiger partial charge is 0.330 e. The number of hydrogen-bond acceptors (Lipinski definition) is 5. The minimum absolute atomic E-state index is 0.00959. The molecule has 1 unspecified atom stereocenters. The van der Waals surface area contributed by atoms with Crippen molar-refractivity contribution in [3.05, 3.63) is 33.1 Å². The van der Waals surface area contributed by atoms with Gasteiger partial charge in [0, 0.05) is 12.3 Å². The lowest BCUT2D eigenvalue weighted by molar-refractivity contribution is -0.0416. The summed E-state index contributed by atoms with van der Waals surface area (Å²) in [5, 5.41) is -0.0791. The van der Waals surface area contributed by atoms with Gasteiger partial charge in [0.2, 0.25) is 0 Å². The number of aromatic amines is 1. The number of hydrogen-bond donors (Lipinski definition) is 1. The van der Waals surface area contributed by atoms with E-state index >= 15 is 0 Å². The Hall–Kier alpha value is -0.426. The first-order valence-corrected chi connectivity index (χ1v) is 17.4. The summed E-state index contributed by atoms with van der Waals surface area (Å²) >= 11 is 13.8. The Labute approximate surface area is 203 Å². The number of alkyl halides is 2. The summed E-state index contributed by atoms with van der Waals surface area (Å²) in [4.78, 5) is 26.2. The molecule has 0 aliphatic carbocycles. The van der Waals surface area contributed by atoms with E-state index in [0.29, 0.717) is 0 Å². The van der Waals surface area contributed by atoms with Gasteiger partial charge in [-0.05, 0) is 36.3 Å². The van der Waals surface area contributed by atoms with Crippen LogP contribution in [0.1, 0.15) is 47.8 Å². The van der Waals surface area contributed by atoms with Crippen molar-refractivity contribution in [2.75, 3.05) is 6.61 Å². The van der Waals surface area contributed by atoms with Crippen molar-refractivity contribution >= 4 is 39.8 Å². The quantitative estimate of drug-likeness (QED) is 0.417. The van der Waals surface area contributed by atoms with Gasteiger partial charge in [-0.1, -0.05) is 64.7 Å². The molecule has 0 radical (unpaired) electrons. The summed E-state index contributed by atoms with van der Waals surface area (Å²) < 4.78 is 18.9. The van der Waals surface area contributed by atoms with E-state index < -0.39 is 50.7 Å². The third kappa shape index (κ3) is 5.62. The number of aromatic nitrogens is 2. The molecule has 1 aromatic heterocycles. The van der Waals surface area contributed by atoms with Crippen LogP contribution >= 0.6 is 23.2 Å². The predicted octanol–water partition coefficient (Wildman–Crippen LogP) is 5.02. The van der Waals surface area contributed by atoms with Crippen LogP contribution in [-0.2, 0) is 13.6 Å². The van der Waals surface area contributed by atoms with Gasteiger partial charge in [-0.3, -0.25) is 14.3 Å². The maximum atomic E-state index is 12.5. The summed E-state index contributed by atoms with van der Waals surface area (Å²) in [5.74, 6) is 0. The molecule has 0 spiro atoms. The predicted molar refractivity (Wildman–Crippen MR) is 135 cm³/mol. The standard InChI is InChI=1S/C21H38Cl2N2O5Si2/c1-19(2,3)31(7,8)28-13-14-16(30-32(9,10)20(4,5)6)21(22,23)17(29-14)25-12-11-15(26)24-18(25)27/h11-12,14,16-17H,13H2,1-10H3,(H,24,26,27)/t14-,16?,17+/m1/s1. The first kappa shape index (κ1) is 27.8. The molecule has 11 heteroatoms. The highest BCUT2D eigenvalue weighted by Gasteiger charge is 2.59. The average Bonchev–Trinajstić information content (AvgIpc) is 2.82. The minimum atomic E-state index is -2.30. The van der Waals surface area contributed by atoms with Gasteiger partial charge in [0.25, 0.3) is 5.56 Å². The Kier molecular flexibility index (Phi) is 7.80. The molecule has 7 nitrogen and oxygen atoms in total. The van der Waals surface area contributed by atoms with E-state index in [4.69, 9.17) is 36.8 Å². The number of H-pyrrole nitrogens is 1. The number of halogens is 2. The van der Waals surface area contributed by atoms with E-state index in [1.54, 1.807) is 0 Å². The molecule has 1 aliphatic heterocycles. The van der Waals surface area contributed by atoms with E-state index in [1.165, 1.54) is 16.8 Å². The number of nitrogens with zero attached hydrogens (tertiary/aromatic N) is 1. The number of nitrogens with one attached hydrogen (secondary N) is 1. The Balaban J connectivity index is 2.46. The molecule has 0 saturated carbocycles. The summed E-state index contributed by atoms with van der Waals surface area (Å²) in [6.07, 6.45) is -1.01. The highest BCUT2D eigenvalue weighted by Crippen LogP contribution is 2.51. The first-order chi connectivity index (χ1) is 14.2. The van der Waals surface area contributed by atoms with Crippen LogP contribution in [0.15, 0.2) is 21.9 Å². The maximum Gasteiger partial charge on any atom is 0.330 e. The fraction of sp³-hybridized carbons (Fsp3) is 0.810. The lowest BCUT2D eigenvalue weighted by atomic mass is 10.2. The summed E-state index contributed by atoms with van der Waals surface area (Å²) in [6.45, 7) is 21.7. The Morgan fingerprint density at radius 1 is 1.06 bits per heavy atom. The lowest BCUT2D eigenvalue weighted by Gasteiger charge is -2.42. The molecular formula is C21H38Cl2N2O5Si2. The van der Waals surface area contributed by atoms with Crippen molar-refractivity contribution in [2.45, 2.75) is 101 Å². The fourth-order valence-electron chi connectivity index (χ4n) is 2.86. The normalized spacial score (nSPS) is 24.7. The molecule has 0 bridgehead atoms. The highest BCUT2D eigenvalue weighted by molar-refractivity contribution is 6.74. The SMILES string of the molecule is CC(C)(C)[Si](C)(C)OC[C@H]1O[C@H](n2ccc(=O)[nH]c2=O)C(Cl)(Cl)C1O[Si](C)(C)C(C)(C)C. The molecule has 0 aromatic carbocycles. The van der Waals surface area contributed by atoms with E-state index in [-0.39, 0.29) is 16.7 Å². The average molecular weight is 526 g/mol. The maximum absolute atomic E-state index is 12.5. The van der Waals surface area contributed by atoms with Crippen molar-refractivity contribution in [2.24, 2.45) is 0 Å². The Morgan fingerprint density at radius 3 is 2.06 bits per heavy atom. The van der Waals surface area contributed by atoms with Crippen LogP contribution in [0.3, 0.4) is 0 Å². The zero-order valence-electron chi connectivity index (χ0n) is 20.8. The molecule has 1 aromatic rings. The lowest BCUT2D eigenvalue weighted by Crippen LogP contribution is -2.52. The van der Waals surface area contributed by atoms with E-state index in [2.05, 4.69) is 72.7 Å². The van der Waals surface area contributed by atoms with Gasteiger partial charge >= 0.3 is 5.69 Å². The summed E-state index contributed by atoms with van der Waals surface area (Å²) in [7, 11) is -4.39. The van der Waals surface area contributed by atoms with Gasteiger partial charge in [0.15, 0.2) is 27.2 Å². The zero-order valence-corrected chi connectivity index (χ0v) is 24.4. The van der Waals surface area contributed by atoms with Crippen molar-refractivity contribution in [1.29, 1.82) is 0 Å². The molecular weight excluding hydrogens is 487 g/mol. The molecule has 3 atom stereocenters. The summed E-state index contributed by atoms with van der Waals surface area (Å²) in [6, 6.07) is 1.23. The van der Waals surface area contributed by atoms with E-state index in [0.717, 1.165) is 0 Å². The van der Waals surface area contributed by atoms with Crippen LogP contribution in [0.2, 0.25) is 36.3 Å². The van der Waals surface area contributed by atoms with Crippen molar-refractivity contribution in [3.8, 4) is 0 Å². The van der Waals surface area contributed by atoms with Crippen LogP contribution in [0.4, 0.5) is 0 Å². The first-order valence-electron chi connectivity index (χ1n) is 10.9. The van der Waals surface area contributed by atoms with Gasteiger partial charge in [-0.25, -0.2) is 4.79 Å². The molecule has 1 fully saturated rings. The van der Waals surface area contributed by atoms with Gasteiger partial charge in [-0.2, -0.15) is 0 Å². The van der Waals surface area contributed by atoms with Crippen LogP contribution in [-0.4, -0.2) is 49.3 Å². The Morgan fingerprint density at radius 2 is 1.59 bits per heavy atom. The summed E-state index contributed by atoms with van der Waals surface area (Å²) in [5.41, 5.74) is -1.16. The van der Waals surface area contributed by atoms with Gasteiger partial charge in [0.05, 0.1) is 6.61 Å². The molecule has 1 aliphatic rings. The largest absolute Gasteiger partial charge is 0.414 e. The minimum Gasteiger partial charge on any atom is -0.414 e. The third-order valence-electron chi connectivity index (χ3n) is 7.10. The monoisotopic (exact) mass is 524 g/mol. The van der Waals surface area contributed by atoms with Gasteiger partial charge < -0.3 is 13.6 Å². The van der Waals surface area contributed by atoms with E-state index in [1.807, 2.05) is 0 Å². The third-order valence-corrected chi connectivity index (χ3v) is 16.9. The topological polar surface area (TPSA) is 82.5 Å². The van der Waals surface area contributed by atoms with Crippen LogP contribution < -0.4 is 11.2 Å². The number of rotatable bonds is 6. The van der Waals surface area contributed by atoms with Gasteiger partial charge in [-0.15, -0.1) is 0 Å². The van der Waals surface area contributed by atoms with Crippen LogP contribution in [0.25, 0.3) is 0 Å². The van der Waals surface area contributed by atoms with Crippen LogP contribution in [0, 0.1) is 0 Å². The Bertz CT molecular complexity index is 932. The molecule has 0 amide bonds. The van der Waals surface area contributed by atoms with Gasteiger partial charge in [0.1, 0.15) is 12.2 Å². The second kappa shape index (κ2) is 8.98. The zero-order chi connectivity index (χ0) is 24.9. The number of ether oxygens (including phenoxy) is 1. The molecule has 1 N–H and O–H groups in total. The molecule has 2 heterocycles. The van der Waals surface area contributed by atoms with E-state index in [9.17, 15) is 9.59 Å². The fourth-order valence-corrected chi connectivity index (χ4v) is 6.03. The molecule has 184 valence electrons. The second-order valence-electron chi connectivity index (χ2n) is 11.6. The molecule has 32 heavy (non-hydrogen) atoms. The molecule has 1 saturated heterocycles. The van der Waals surface area contributed by atoms with Crippen molar-refractivity contribution in [1.82, 2.24) is 9.55 Å². The van der Waals surface area contributed by atoms with Crippen molar-refractivity contribution < 1.29 is 13.6 Å². The molecule has 2 rings (SSSR count).